The molecule has 0 saturated carbocycles. The molecule has 2 rings (SSSR count). The third-order valence-corrected chi connectivity index (χ3v) is 3.74. The van der Waals surface area contributed by atoms with Crippen LogP contribution in [0.4, 0.5) is 4.39 Å². The average Bonchev–Trinajstić information content (AvgIpc) is 2.52. The number of halogens is 1. The molecule has 0 aliphatic rings. The Morgan fingerprint density at radius 2 is 1.76 bits per heavy atom. The molecule has 0 aromatic heterocycles. The lowest BCUT2D eigenvalue weighted by molar-refractivity contribution is 0.317. The van der Waals surface area contributed by atoms with Gasteiger partial charge in [-0.2, -0.15) is 0 Å². The second-order valence-electron chi connectivity index (χ2n) is 5.21. The van der Waals surface area contributed by atoms with E-state index >= 15 is 0 Å². The molecule has 0 spiro atoms. The van der Waals surface area contributed by atoms with E-state index in [0.717, 1.165) is 23.3 Å². The summed E-state index contributed by atoms with van der Waals surface area (Å²) in [6.45, 7) is 4.78. The first-order chi connectivity index (χ1) is 10.1. The highest BCUT2D eigenvalue weighted by molar-refractivity contribution is 5.40. The van der Waals surface area contributed by atoms with Gasteiger partial charge >= 0.3 is 0 Å². The second-order valence-corrected chi connectivity index (χ2v) is 5.21. The van der Waals surface area contributed by atoms with Crippen LogP contribution in [0.25, 0.3) is 0 Å². The van der Waals surface area contributed by atoms with E-state index in [-0.39, 0.29) is 5.82 Å². The molecule has 2 N–H and O–H groups in total. The maximum Gasteiger partial charge on any atom is 0.123 e. The predicted octanol–water partition coefficient (Wildman–Crippen LogP) is 4.23. The van der Waals surface area contributed by atoms with Crippen LogP contribution in [-0.2, 0) is 5.54 Å². The van der Waals surface area contributed by atoms with Crippen LogP contribution in [0.3, 0.4) is 0 Å². The van der Waals surface area contributed by atoms with E-state index < -0.39 is 5.54 Å². The highest BCUT2D eigenvalue weighted by atomic mass is 19.1. The summed E-state index contributed by atoms with van der Waals surface area (Å²) in [6, 6.07) is 14.3. The van der Waals surface area contributed by atoms with Crippen molar-refractivity contribution in [3.05, 3.63) is 65.5 Å². The summed E-state index contributed by atoms with van der Waals surface area (Å²) in [4.78, 5) is 0. The van der Waals surface area contributed by atoms with Crippen molar-refractivity contribution in [2.75, 3.05) is 6.61 Å². The first-order valence-corrected chi connectivity index (χ1v) is 7.38. The summed E-state index contributed by atoms with van der Waals surface area (Å²) in [5.41, 5.74) is 7.60. The van der Waals surface area contributed by atoms with Gasteiger partial charge in [-0.05, 0) is 48.2 Å². The van der Waals surface area contributed by atoms with E-state index in [1.807, 2.05) is 37.3 Å². The van der Waals surface area contributed by atoms with Gasteiger partial charge in [0.15, 0.2) is 0 Å². The minimum atomic E-state index is -0.689. The smallest absolute Gasteiger partial charge is 0.123 e. The predicted molar refractivity (Wildman–Crippen MR) is 83.9 cm³/mol. The quantitative estimate of drug-likeness (QED) is 0.863. The van der Waals surface area contributed by atoms with Crippen LogP contribution in [0.2, 0.25) is 0 Å². The Morgan fingerprint density at radius 1 is 1.05 bits per heavy atom. The Labute approximate surface area is 125 Å². The minimum Gasteiger partial charge on any atom is -0.494 e. The zero-order chi connectivity index (χ0) is 15.3. The third kappa shape index (κ3) is 3.42. The van der Waals surface area contributed by atoms with Gasteiger partial charge in [-0.3, -0.25) is 0 Å². The monoisotopic (exact) mass is 287 g/mol. The highest BCUT2D eigenvalue weighted by Crippen LogP contribution is 2.31. The number of hydrogen-bond donors (Lipinski definition) is 1. The van der Waals surface area contributed by atoms with Gasteiger partial charge in [0.2, 0.25) is 0 Å². The molecule has 1 atom stereocenters. The van der Waals surface area contributed by atoms with Crippen molar-refractivity contribution in [2.45, 2.75) is 32.2 Å². The highest BCUT2D eigenvalue weighted by Gasteiger charge is 2.27. The summed E-state index contributed by atoms with van der Waals surface area (Å²) >= 11 is 0. The molecular formula is C18H22FNO. The van der Waals surface area contributed by atoms with Gasteiger partial charge in [0.1, 0.15) is 11.6 Å². The molecule has 0 aliphatic carbocycles. The van der Waals surface area contributed by atoms with E-state index in [1.54, 1.807) is 6.07 Å². The van der Waals surface area contributed by atoms with Gasteiger partial charge in [0.25, 0.3) is 0 Å². The van der Waals surface area contributed by atoms with Crippen molar-refractivity contribution >= 4 is 0 Å². The van der Waals surface area contributed by atoms with Crippen molar-refractivity contribution in [3.8, 4) is 5.75 Å². The molecule has 0 amide bonds. The zero-order valence-corrected chi connectivity index (χ0v) is 12.6. The molecule has 0 heterocycles. The summed E-state index contributed by atoms with van der Waals surface area (Å²) in [6.07, 6.45) is 1.66. The van der Waals surface area contributed by atoms with Crippen molar-refractivity contribution < 1.29 is 9.13 Å². The summed E-state index contributed by atoms with van der Waals surface area (Å²) < 4.78 is 19.1. The zero-order valence-electron chi connectivity index (χ0n) is 12.6. The van der Waals surface area contributed by atoms with Gasteiger partial charge in [-0.1, -0.05) is 38.1 Å². The van der Waals surface area contributed by atoms with Crippen LogP contribution >= 0.6 is 0 Å². The van der Waals surface area contributed by atoms with Crippen molar-refractivity contribution in [2.24, 2.45) is 5.73 Å². The van der Waals surface area contributed by atoms with E-state index in [4.69, 9.17) is 10.5 Å². The largest absolute Gasteiger partial charge is 0.494 e. The van der Waals surface area contributed by atoms with Crippen molar-refractivity contribution in [1.29, 1.82) is 0 Å². The molecular weight excluding hydrogens is 265 g/mol. The van der Waals surface area contributed by atoms with Crippen LogP contribution < -0.4 is 10.5 Å². The number of ether oxygens (including phenoxy) is 1. The molecule has 3 heteroatoms. The van der Waals surface area contributed by atoms with E-state index in [1.165, 1.54) is 12.1 Å². The van der Waals surface area contributed by atoms with Crippen LogP contribution in [0.5, 0.6) is 5.75 Å². The third-order valence-electron chi connectivity index (χ3n) is 3.74. The fourth-order valence-corrected chi connectivity index (χ4v) is 2.41. The molecule has 1 unspecified atom stereocenters. The Morgan fingerprint density at radius 3 is 2.33 bits per heavy atom. The lowest BCUT2D eigenvalue weighted by atomic mass is 9.81. The number of rotatable bonds is 6. The lowest BCUT2D eigenvalue weighted by Gasteiger charge is -2.29. The normalized spacial score (nSPS) is 13.7. The van der Waals surface area contributed by atoms with E-state index in [0.29, 0.717) is 13.0 Å². The van der Waals surface area contributed by atoms with Crippen molar-refractivity contribution in [1.82, 2.24) is 0 Å². The van der Waals surface area contributed by atoms with Gasteiger partial charge in [-0.25, -0.2) is 4.39 Å². The topological polar surface area (TPSA) is 35.2 Å². The number of benzene rings is 2. The summed E-state index contributed by atoms with van der Waals surface area (Å²) in [7, 11) is 0. The number of hydrogen-bond acceptors (Lipinski definition) is 2. The Kier molecular flexibility index (Phi) is 4.97. The summed E-state index contributed by atoms with van der Waals surface area (Å²) in [5.74, 6) is 0.567. The van der Waals surface area contributed by atoms with E-state index in [2.05, 4.69) is 6.92 Å². The lowest BCUT2D eigenvalue weighted by Crippen LogP contribution is -2.37. The fourth-order valence-electron chi connectivity index (χ4n) is 2.41. The standard InChI is InChI=1S/C18H22FNO/c1-3-12-21-17-10-8-14(9-11-17)18(20,4-2)15-6-5-7-16(19)13-15/h5-11,13H,3-4,12,20H2,1-2H3. The Balaban J connectivity index is 2.31. The molecule has 112 valence electrons. The van der Waals surface area contributed by atoms with Gasteiger partial charge in [0.05, 0.1) is 12.1 Å². The fraction of sp³-hybridized carbons (Fsp3) is 0.333. The van der Waals surface area contributed by atoms with Gasteiger partial charge < -0.3 is 10.5 Å². The Bertz CT molecular complexity index is 582. The molecule has 2 aromatic carbocycles. The molecule has 0 saturated heterocycles. The molecule has 21 heavy (non-hydrogen) atoms. The maximum absolute atomic E-state index is 13.5. The first kappa shape index (κ1) is 15.5. The molecule has 0 fully saturated rings. The number of nitrogens with two attached hydrogens (primary N) is 1. The van der Waals surface area contributed by atoms with Crippen LogP contribution in [-0.4, -0.2) is 6.61 Å². The second kappa shape index (κ2) is 6.72. The SMILES string of the molecule is CCCOc1ccc(C(N)(CC)c2cccc(F)c2)cc1. The minimum absolute atomic E-state index is 0.265. The van der Waals surface area contributed by atoms with Crippen molar-refractivity contribution in [3.63, 3.8) is 0 Å². The average molecular weight is 287 g/mol. The molecule has 0 aliphatic heterocycles. The van der Waals surface area contributed by atoms with Crippen LogP contribution in [0.1, 0.15) is 37.8 Å². The van der Waals surface area contributed by atoms with Crippen LogP contribution in [0, 0.1) is 5.82 Å². The van der Waals surface area contributed by atoms with E-state index in [9.17, 15) is 4.39 Å². The molecule has 0 radical (unpaired) electrons. The molecule has 2 aromatic rings. The van der Waals surface area contributed by atoms with Gasteiger partial charge in [0, 0.05) is 0 Å². The van der Waals surface area contributed by atoms with Crippen LogP contribution in [0.15, 0.2) is 48.5 Å². The maximum atomic E-state index is 13.5. The molecule has 2 nitrogen and oxygen atoms in total. The Hall–Kier alpha value is -1.87. The molecule has 0 bridgehead atoms. The van der Waals surface area contributed by atoms with Gasteiger partial charge in [-0.15, -0.1) is 0 Å². The first-order valence-electron chi connectivity index (χ1n) is 7.38. The summed E-state index contributed by atoms with van der Waals surface area (Å²) in [5, 5.41) is 0.